The van der Waals surface area contributed by atoms with E-state index in [-0.39, 0.29) is 17.7 Å². The Bertz CT molecular complexity index is 747. The molecule has 1 heterocycles. The molecule has 0 aromatic heterocycles. The van der Waals surface area contributed by atoms with Crippen molar-refractivity contribution >= 4 is 17.9 Å². The van der Waals surface area contributed by atoms with Crippen LogP contribution < -0.4 is 5.32 Å². The second-order valence-electron chi connectivity index (χ2n) is 5.57. The fraction of sp³-hybridized carbons (Fsp3) is 0.158. The van der Waals surface area contributed by atoms with Crippen LogP contribution in [0.5, 0.6) is 0 Å². The Balaban J connectivity index is 1.92. The maximum Gasteiger partial charge on any atom is 0.253 e. The molecule has 3 heteroatoms. The smallest absolute Gasteiger partial charge is 0.253 e. The van der Waals surface area contributed by atoms with Gasteiger partial charge in [-0.3, -0.25) is 14.9 Å². The minimum Gasteiger partial charge on any atom is -0.292 e. The highest BCUT2D eigenvalue weighted by Crippen LogP contribution is 2.28. The van der Waals surface area contributed by atoms with Gasteiger partial charge in [-0.15, -0.1) is 0 Å². The molecule has 1 aliphatic heterocycles. The van der Waals surface area contributed by atoms with E-state index < -0.39 is 0 Å². The highest BCUT2D eigenvalue weighted by Gasteiger charge is 2.31. The molecule has 1 aliphatic rings. The van der Waals surface area contributed by atoms with E-state index >= 15 is 0 Å². The predicted molar refractivity (Wildman–Crippen MR) is 86.1 cm³/mol. The molecule has 2 aromatic rings. The molecule has 1 atom stereocenters. The molecule has 0 bridgehead atoms. The zero-order valence-corrected chi connectivity index (χ0v) is 12.4. The molecule has 0 saturated carbocycles. The van der Waals surface area contributed by atoms with E-state index in [1.165, 1.54) is 0 Å². The van der Waals surface area contributed by atoms with Crippen LogP contribution in [-0.2, 0) is 9.59 Å². The third kappa shape index (κ3) is 2.98. The van der Waals surface area contributed by atoms with Crippen LogP contribution in [0.2, 0.25) is 0 Å². The molecule has 1 saturated heterocycles. The summed E-state index contributed by atoms with van der Waals surface area (Å²) in [4.78, 5) is 24.2. The number of rotatable bonds is 2. The molecule has 0 radical (unpaired) electrons. The third-order valence-electron chi connectivity index (χ3n) is 3.85. The van der Waals surface area contributed by atoms with Crippen LogP contribution in [0.15, 0.2) is 60.2 Å². The molecule has 22 heavy (non-hydrogen) atoms. The van der Waals surface area contributed by atoms with Gasteiger partial charge in [0.25, 0.3) is 5.91 Å². The van der Waals surface area contributed by atoms with Gasteiger partial charge in [-0.05, 0) is 30.5 Å². The first-order valence-corrected chi connectivity index (χ1v) is 7.31. The second-order valence-corrected chi connectivity index (χ2v) is 5.57. The van der Waals surface area contributed by atoms with Gasteiger partial charge in [-0.2, -0.15) is 0 Å². The normalized spacial score (nSPS) is 20.0. The second kappa shape index (κ2) is 5.98. The molecule has 3 rings (SSSR count). The molecule has 3 nitrogen and oxygen atoms in total. The Hall–Kier alpha value is -2.68. The first-order chi connectivity index (χ1) is 10.6. The lowest BCUT2D eigenvalue weighted by molar-refractivity contribution is -0.131. The number of imide groups is 1. The minimum absolute atomic E-state index is 0.224. The van der Waals surface area contributed by atoms with E-state index in [0.29, 0.717) is 12.0 Å². The van der Waals surface area contributed by atoms with Crippen LogP contribution in [0.25, 0.3) is 6.08 Å². The van der Waals surface area contributed by atoms with Crippen molar-refractivity contribution in [2.75, 3.05) is 0 Å². The number of hydrogen-bond acceptors (Lipinski definition) is 2. The van der Waals surface area contributed by atoms with Crippen molar-refractivity contribution in [1.82, 2.24) is 5.32 Å². The van der Waals surface area contributed by atoms with E-state index in [1.54, 1.807) is 0 Å². The highest BCUT2D eigenvalue weighted by atomic mass is 16.2. The maximum absolute atomic E-state index is 12.1. The maximum atomic E-state index is 12.1. The number of amides is 2. The Morgan fingerprint density at radius 2 is 1.82 bits per heavy atom. The number of aryl methyl sites for hydroxylation is 1. The first kappa shape index (κ1) is 14.3. The molecule has 2 amide bonds. The van der Waals surface area contributed by atoms with Gasteiger partial charge in [-0.1, -0.05) is 60.2 Å². The van der Waals surface area contributed by atoms with Gasteiger partial charge in [0.05, 0.1) is 5.92 Å². The van der Waals surface area contributed by atoms with Crippen molar-refractivity contribution in [3.63, 3.8) is 0 Å². The van der Waals surface area contributed by atoms with E-state index in [0.717, 1.165) is 16.7 Å². The van der Waals surface area contributed by atoms with Gasteiger partial charge in [-0.25, -0.2) is 0 Å². The molecule has 2 aromatic carbocycles. The summed E-state index contributed by atoms with van der Waals surface area (Å²) >= 11 is 0. The molecular weight excluding hydrogens is 274 g/mol. The van der Waals surface area contributed by atoms with Crippen molar-refractivity contribution in [2.24, 2.45) is 0 Å². The van der Waals surface area contributed by atoms with E-state index in [1.807, 2.05) is 67.6 Å². The molecule has 1 fully saturated rings. The molecule has 1 unspecified atom stereocenters. The Labute approximate surface area is 129 Å². The third-order valence-corrected chi connectivity index (χ3v) is 3.85. The summed E-state index contributed by atoms with van der Waals surface area (Å²) in [6.45, 7) is 2.01. The summed E-state index contributed by atoms with van der Waals surface area (Å²) in [6.07, 6.45) is 2.30. The van der Waals surface area contributed by atoms with Crippen LogP contribution in [0.4, 0.5) is 0 Å². The summed E-state index contributed by atoms with van der Waals surface area (Å²) in [7, 11) is 0. The summed E-state index contributed by atoms with van der Waals surface area (Å²) in [5.41, 5.74) is 3.69. The molecular formula is C19H17NO2. The predicted octanol–water partition coefficient (Wildman–Crippen LogP) is 3.21. The number of nitrogens with one attached hydrogen (secondary N) is 1. The number of carbonyl (C=O) groups is 2. The molecule has 0 spiro atoms. The monoisotopic (exact) mass is 291 g/mol. The fourth-order valence-corrected chi connectivity index (χ4v) is 2.72. The number of benzene rings is 2. The Kier molecular flexibility index (Phi) is 3.88. The molecule has 0 aliphatic carbocycles. The van der Waals surface area contributed by atoms with Crippen LogP contribution >= 0.6 is 0 Å². The van der Waals surface area contributed by atoms with Crippen LogP contribution in [-0.4, -0.2) is 11.8 Å². The van der Waals surface area contributed by atoms with Crippen molar-refractivity contribution in [1.29, 1.82) is 0 Å². The van der Waals surface area contributed by atoms with Gasteiger partial charge in [0.2, 0.25) is 5.91 Å². The summed E-state index contributed by atoms with van der Waals surface area (Å²) in [5.74, 6) is -0.828. The Morgan fingerprint density at radius 3 is 2.55 bits per heavy atom. The quantitative estimate of drug-likeness (QED) is 0.682. The topological polar surface area (TPSA) is 46.2 Å². The average molecular weight is 291 g/mol. The lowest BCUT2D eigenvalue weighted by atomic mass is 9.87. The van der Waals surface area contributed by atoms with Crippen molar-refractivity contribution in [2.45, 2.75) is 19.3 Å². The van der Waals surface area contributed by atoms with Gasteiger partial charge in [0.15, 0.2) is 0 Å². The van der Waals surface area contributed by atoms with Crippen LogP contribution in [0.1, 0.15) is 29.0 Å². The Morgan fingerprint density at radius 1 is 1.05 bits per heavy atom. The minimum atomic E-state index is -0.310. The summed E-state index contributed by atoms with van der Waals surface area (Å²) in [5, 5.41) is 2.47. The lowest BCUT2D eigenvalue weighted by Gasteiger charge is -2.23. The standard InChI is InChI=1S/C19H17NO2/c1-13-6-5-7-14(10-13)11-16-12-17(19(22)20-18(16)21)15-8-3-2-4-9-15/h2-11,17H,12H2,1H3,(H,20,21,22)/b16-11+. The van der Waals surface area contributed by atoms with Crippen molar-refractivity contribution in [3.05, 3.63) is 76.9 Å². The largest absolute Gasteiger partial charge is 0.292 e. The van der Waals surface area contributed by atoms with E-state index in [4.69, 9.17) is 0 Å². The first-order valence-electron chi connectivity index (χ1n) is 7.31. The number of piperidine rings is 1. The molecule has 1 N–H and O–H groups in total. The summed E-state index contributed by atoms with van der Waals surface area (Å²) in [6, 6.07) is 17.5. The lowest BCUT2D eigenvalue weighted by Crippen LogP contribution is -2.41. The number of carbonyl (C=O) groups excluding carboxylic acids is 2. The fourth-order valence-electron chi connectivity index (χ4n) is 2.72. The average Bonchev–Trinajstić information content (AvgIpc) is 2.51. The van der Waals surface area contributed by atoms with Crippen molar-refractivity contribution in [3.8, 4) is 0 Å². The SMILES string of the molecule is Cc1cccc(/C=C2\CC(c3ccccc3)C(=O)NC2=O)c1. The van der Waals surface area contributed by atoms with Crippen LogP contribution in [0, 0.1) is 6.92 Å². The van der Waals surface area contributed by atoms with Gasteiger partial charge in [0, 0.05) is 5.57 Å². The van der Waals surface area contributed by atoms with Crippen LogP contribution in [0.3, 0.4) is 0 Å². The van der Waals surface area contributed by atoms with E-state index in [2.05, 4.69) is 5.32 Å². The van der Waals surface area contributed by atoms with E-state index in [9.17, 15) is 9.59 Å². The number of hydrogen-bond donors (Lipinski definition) is 1. The van der Waals surface area contributed by atoms with Crippen molar-refractivity contribution < 1.29 is 9.59 Å². The summed E-state index contributed by atoms with van der Waals surface area (Å²) < 4.78 is 0. The van der Waals surface area contributed by atoms with Gasteiger partial charge < -0.3 is 0 Å². The zero-order chi connectivity index (χ0) is 15.5. The highest BCUT2D eigenvalue weighted by molar-refractivity contribution is 6.11. The van der Waals surface area contributed by atoms with Gasteiger partial charge in [0.1, 0.15) is 0 Å². The van der Waals surface area contributed by atoms with Gasteiger partial charge >= 0.3 is 0 Å². The molecule has 110 valence electrons. The zero-order valence-electron chi connectivity index (χ0n) is 12.4.